The van der Waals surface area contributed by atoms with Crippen LogP contribution in [0.5, 0.6) is 0 Å². The normalized spacial score (nSPS) is 30.6. The highest BCUT2D eigenvalue weighted by molar-refractivity contribution is 6.30. The summed E-state index contributed by atoms with van der Waals surface area (Å²) in [5.74, 6) is 0.607. The van der Waals surface area contributed by atoms with Crippen molar-refractivity contribution in [1.82, 2.24) is 0 Å². The van der Waals surface area contributed by atoms with E-state index in [2.05, 4.69) is 0 Å². The van der Waals surface area contributed by atoms with Crippen LogP contribution in [0.3, 0.4) is 0 Å². The van der Waals surface area contributed by atoms with Crippen molar-refractivity contribution in [3.05, 3.63) is 34.9 Å². The molecule has 0 amide bonds. The number of esters is 1. The summed E-state index contributed by atoms with van der Waals surface area (Å²) in [6, 6.07) is 7.40. The minimum Gasteiger partial charge on any atom is -0.468 e. The molecule has 3 nitrogen and oxygen atoms in total. The molecule has 23 heavy (non-hydrogen) atoms. The van der Waals surface area contributed by atoms with Crippen molar-refractivity contribution in [2.75, 3.05) is 7.11 Å². The van der Waals surface area contributed by atoms with E-state index >= 15 is 0 Å². The van der Waals surface area contributed by atoms with E-state index < -0.39 is 5.41 Å². The zero-order valence-corrected chi connectivity index (χ0v) is 14.3. The average molecular weight is 335 g/mol. The van der Waals surface area contributed by atoms with Gasteiger partial charge in [0.05, 0.1) is 7.11 Å². The van der Waals surface area contributed by atoms with Gasteiger partial charge in [0.25, 0.3) is 0 Å². The Hall–Kier alpha value is -1.35. The largest absolute Gasteiger partial charge is 0.468 e. The van der Waals surface area contributed by atoms with Gasteiger partial charge in [-0.1, -0.05) is 43.0 Å². The van der Waals surface area contributed by atoms with Gasteiger partial charge in [0, 0.05) is 11.4 Å². The van der Waals surface area contributed by atoms with Crippen LogP contribution in [0.1, 0.15) is 44.1 Å². The Labute approximate surface area is 142 Å². The summed E-state index contributed by atoms with van der Waals surface area (Å²) in [6.07, 6.45) is 6.22. The van der Waals surface area contributed by atoms with Crippen LogP contribution in [0.4, 0.5) is 0 Å². The third kappa shape index (κ3) is 3.16. The molecule has 0 aliphatic heterocycles. The Kier molecular flexibility index (Phi) is 4.77. The van der Waals surface area contributed by atoms with Gasteiger partial charge in [-0.2, -0.15) is 0 Å². The number of halogens is 1. The molecule has 3 atom stereocenters. The molecule has 2 saturated carbocycles. The molecule has 4 heteroatoms. The quantitative estimate of drug-likeness (QED) is 0.614. The van der Waals surface area contributed by atoms with Crippen LogP contribution in [-0.4, -0.2) is 18.9 Å². The van der Waals surface area contributed by atoms with Crippen LogP contribution in [0.2, 0.25) is 5.02 Å². The second kappa shape index (κ2) is 6.64. The summed E-state index contributed by atoms with van der Waals surface area (Å²) in [6.45, 7) is 0. The van der Waals surface area contributed by atoms with Crippen molar-refractivity contribution >= 4 is 23.4 Å². The monoisotopic (exact) mass is 334 g/mol. The van der Waals surface area contributed by atoms with Crippen molar-refractivity contribution in [3.8, 4) is 0 Å². The first kappa shape index (κ1) is 16.5. The Morgan fingerprint density at radius 3 is 2.52 bits per heavy atom. The lowest BCUT2D eigenvalue weighted by molar-refractivity contribution is -0.163. The summed E-state index contributed by atoms with van der Waals surface area (Å²) in [4.78, 5) is 25.5. The molecule has 0 heterocycles. The van der Waals surface area contributed by atoms with Crippen LogP contribution < -0.4 is 0 Å². The zero-order chi connectivity index (χ0) is 16.4. The summed E-state index contributed by atoms with van der Waals surface area (Å²) >= 11 is 5.94. The van der Waals surface area contributed by atoms with Gasteiger partial charge in [0.1, 0.15) is 5.41 Å². The molecule has 2 fully saturated rings. The number of Topliss-reactive ketones (excluding diaryl/α,β-unsaturated/α-hetero) is 1. The minimum atomic E-state index is -1.01. The van der Waals surface area contributed by atoms with Gasteiger partial charge in [-0.25, -0.2) is 0 Å². The molecule has 1 aromatic carbocycles. The Morgan fingerprint density at radius 2 is 1.87 bits per heavy atom. The molecule has 0 spiro atoms. The third-order valence-electron chi connectivity index (χ3n) is 5.65. The van der Waals surface area contributed by atoms with Gasteiger partial charge in [0.2, 0.25) is 0 Å². The van der Waals surface area contributed by atoms with E-state index in [0.29, 0.717) is 36.1 Å². The van der Waals surface area contributed by atoms with Crippen LogP contribution in [0.15, 0.2) is 24.3 Å². The molecule has 2 aliphatic carbocycles. The van der Waals surface area contributed by atoms with E-state index in [9.17, 15) is 9.59 Å². The van der Waals surface area contributed by atoms with Crippen molar-refractivity contribution in [2.45, 2.75) is 44.9 Å². The van der Waals surface area contributed by atoms with Gasteiger partial charge in [-0.15, -0.1) is 0 Å². The number of carbonyl (C=O) groups is 2. The van der Waals surface area contributed by atoms with Gasteiger partial charge >= 0.3 is 5.97 Å². The van der Waals surface area contributed by atoms with E-state index in [1.165, 1.54) is 20.0 Å². The molecular weight excluding hydrogens is 312 g/mol. The number of ether oxygens (including phenoxy) is 1. The zero-order valence-electron chi connectivity index (χ0n) is 13.5. The van der Waals surface area contributed by atoms with Crippen molar-refractivity contribution in [3.63, 3.8) is 0 Å². The lowest BCUT2D eigenvalue weighted by Gasteiger charge is -2.43. The molecule has 0 bridgehead atoms. The van der Waals surface area contributed by atoms with E-state index in [0.717, 1.165) is 18.4 Å². The predicted molar refractivity (Wildman–Crippen MR) is 89.3 cm³/mol. The minimum absolute atomic E-state index is 0.0578. The number of fused-ring (bicyclic) bond motifs is 1. The number of ketones is 1. The maximum absolute atomic E-state index is 12.9. The second-order valence-electron chi connectivity index (χ2n) is 7.01. The highest BCUT2D eigenvalue weighted by Gasteiger charge is 2.53. The molecule has 0 radical (unpaired) electrons. The van der Waals surface area contributed by atoms with Gasteiger partial charge < -0.3 is 4.74 Å². The van der Waals surface area contributed by atoms with Gasteiger partial charge in [0.15, 0.2) is 5.78 Å². The first-order valence-corrected chi connectivity index (χ1v) is 8.79. The lowest BCUT2D eigenvalue weighted by Crippen LogP contribution is -2.49. The first-order chi connectivity index (χ1) is 11.0. The Balaban J connectivity index is 1.91. The fourth-order valence-electron chi connectivity index (χ4n) is 4.40. The summed E-state index contributed by atoms with van der Waals surface area (Å²) in [5, 5.41) is 0.656. The van der Waals surface area contributed by atoms with Crippen molar-refractivity contribution < 1.29 is 14.3 Å². The van der Waals surface area contributed by atoms with Crippen molar-refractivity contribution in [2.24, 2.45) is 17.3 Å². The fourth-order valence-corrected chi connectivity index (χ4v) is 4.53. The maximum Gasteiger partial charge on any atom is 0.319 e. The molecular formula is C19H23ClO3. The maximum atomic E-state index is 12.9. The molecule has 1 aromatic rings. The summed E-state index contributed by atoms with van der Waals surface area (Å²) < 4.78 is 5.05. The molecule has 0 saturated heterocycles. The number of hydrogen-bond acceptors (Lipinski definition) is 3. The first-order valence-electron chi connectivity index (χ1n) is 8.41. The fraction of sp³-hybridized carbons (Fsp3) is 0.579. The average Bonchev–Trinajstić information content (AvgIpc) is 2.56. The van der Waals surface area contributed by atoms with Crippen LogP contribution >= 0.6 is 11.6 Å². The number of benzene rings is 1. The van der Waals surface area contributed by atoms with E-state index in [4.69, 9.17) is 16.3 Å². The topological polar surface area (TPSA) is 43.4 Å². The lowest BCUT2D eigenvalue weighted by atomic mass is 9.59. The number of hydrogen-bond donors (Lipinski definition) is 0. The predicted octanol–water partition coefficient (Wildman–Crippen LogP) is 4.21. The molecule has 3 rings (SSSR count). The molecule has 124 valence electrons. The molecule has 0 aromatic heterocycles. The Bertz CT molecular complexity index is 595. The number of rotatable bonds is 3. The van der Waals surface area contributed by atoms with Crippen LogP contribution in [0.25, 0.3) is 0 Å². The Morgan fingerprint density at radius 1 is 1.22 bits per heavy atom. The highest BCUT2D eigenvalue weighted by atomic mass is 35.5. The van der Waals surface area contributed by atoms with E-state index in [1.807, 2.05) is 12.1 Å². The third-order valence-corrected chi connectivity index (χ3v) is 5.91. The summed E-state index contributed by atoms with van der Waals surface area (Å²) in [7, 11) is 1.38. The van der Waals surface area contributed by atoms with Crippen LogP contribution in [0, 0.1) is 17.3 Å². The smallest absolute Gasteiger partial charge is 0.319 e. The number of methoxy groups -OCH3 is 1. The molecule has 2 aliphatic rings. The highest BCUT2D eigenvalue weighted by Crippen LogP contribution is 2.48. The second-order valence-corrected chi connectivity index (χ2v) is 7.45. The number of carbonyl (C=O) groups excluding carboxylic acids is 2. The van der Waals surface area contributed by atoms with Gasteiger partial charge in [-0.05, 0) is 48.8 Å². The van der Waals surface area contributed by atoms with Gasteiger partial charge in [-0.3, -0.25) is 9.59 Å². The SMILES string of the molecule is COC(=O)[C@@]1(Cc2ccc(Cl)cc2)C[C@H]2CCCC[C@@H]2CC1=O. The van der Waals surface area contributed by atoms with Crippen molar-refractivity contribution in [1.29, 1.82) is 0 Å². The summed E-state index contributed by atoms with van der Waals surface area (Å²) in [5.41, 5.74) is -0.0522. The van der Waals surface area contributed by atoms with E-state index in [-0.39, 0.29) is 11.8 Å². The standard InChI is InChI=1S/C19H23ClO3/c1-23-18(22)19(11-13-6-8-16(20)9-7-13)12-15-5-3-2-4-14(15)10-17(19)21/h6-9,14-15H,2-5,10-12H2,1H3/t14-,15-,19+/m1/s1. The molecule has 0 N–H and O–H groups in total. The molecule has 0 unspecified atom stereocenters. The van der Waals surface area contributed by atoms with E-state index in [1.54, 1.807) is 12.1 Å². The van der Waals surface area contributed by atoms with Crippen LogP contribution in [-0.2, 0) is 20.7 Å².